The van der Waals surface area contributed by atoms with E-state index in [0.717, 1.165) is 44.3 Å². The largest absolute Gasteiger partial charge is 0.355 e. The van der Waals surface area contributed by atoms with Crippen molar-refractivity contribution in [1.82, 2.24) is 15.3 Å². The van der Waals surface area contributed by atoms with E-state index in [-0.39, 0.29) is 0 Å². The van der Waals surface area contributed by atoms with Crippen molar-refractivity contribution in [3.8, 4) is 0 Å². The van der Waals surface area contributed by atoms with E-state index in [2.05, 4.69) is 27.1 Å². The number of nitrogens with zero attached hydrogens (tertiary/aromatic N) is 3. The van der Waals surface area contributed by atoms with Crippen LogP contribution in [0, 0.1) is 5.92 Å². The molecule has 1 aromatic heterocycles. The lowest BCUT2D eigenvalue weighted by atomic mass is 9.97. The smallest absolute Gasteiger partial charge is 0.149 e. The van der Waals surface area contributed by atoms with Crippen molar-refractivity contribution in [3.05, 3.63) is 17.5 Å². The molecule has 1 aromatic rings. The van der Waals surface area contributed by atoms with Gasteiger partial charge in [0, 0.05) is 13.1 Å². The Morgan fingerprint density at radius 1 is 1.39 bits per heavy atom. The molecule has 0 unspecified atom stereocenters. The van der Waals surface area contributed by atoms with Gasteiger partial charge in [-0.25, -0.2) is 4.98 Å². The zero-order valence-corrected chi connectivity index (χ0v) is 11.7. The lowest BCUT2D eigenvalue weighted by Gasteiger charge is -2.30. The Kier molecular flexibility index (Phi) is 5.20. The average Bonchev–Trinajstić information content (AvgIpc) is 2.39. The quantitative estimate of drug-likeness (QED) is 0.890. The van der Waals surface area contributed by atoms with Gasteiger partial charge in [0.05, 0.1) is 12.4 Å². The number of aromatic nitrogens is 2. The molecule has 100 valence electrons. The Labute approximate surface area is 114 Å². The second kappa shape index (κ2) is 6.90. The first-order valence-electron chi connectivity index (χ1n) is 6.72. The number of piperidine rings is 1. The average molecular weight is 269 g/mol. The minimum absolute atomic E-state index is 0.471. The van der Waals surface area contributed by atoms with E-state index in [1.807, 2.05) is 6.20 Å². The third-order valence-corrected chi connectivity index (χ3v) is 3.53. The van der Waals surface area contributed by atoms with Crippen molar-refractivity contribution in [2.45, 2.75) is 26.2 Å². The number of hydrogen-bond acceptors (Lipinski definition) is 4. The Morgan fingerprint density at radius 2 is 2.17 bits per heavy atom. The molecule has 0 spiro atoms. The van der Waals surface area contributed by atoms with E-state index in [1.165, 1.54) is 12.8 Å². The SMILES string of the molecule is CCCN(CC1CCNCC1)c1cncc(Cl)n1. The van der Waals surface area contributed by atoms with Crippen LogP contribution in [0.2, 0.25) is 5.15 Å². The number of nitrogens with one attached hydrogen (secondary N) is 1. The van der Waals surface area contributed by atoms with E-state index in [0.29, 0.717) is 5.15 Å². The maximum absolute atomic E-state index is 5.92. The number of halogens is 1. The van der Waals surface area contributed by atoms with Gasteiger partial charge >= 0.3 is 0 Å². The van der Waals surface area contributed by atoms with Gasteiger partial charge in [0.2, 0.25) is 0 Å². The standard InChI is InChI=1S/C13H21ClN4/c1-2-7-18(10-11-3-5-15-6-4-11)13-9-16-8-12(14)17-13/h8-9,11,15H,2-7,10H2,1H3. The summed E-state index contributed by atoms with van der Waals surface area (Å²) < 4.78 is 0. The predicted octanol–water partition coefficient (Wildman–Crippen LogP) is 2.35. The van der Waals surface area contributed by atoms with Gasteiger partial charge < -0.3 is 10.2 Å². The van der Waals surface area contributed by atoms with Crippen LogP contribution >= 0.6 is 11.6 Å². The molecule has 4 nitrogen and oxygen atoms in total. The summed E-state index contributed by atoms with van der Waals surface area (Å²) in [6.07, 6.45) is 6.99. The first-order valence-corrected chi connectivity index (χ1v) is 7.10. The summed E-state index contributed by atoms with van der Waals surface area (Å²) in [6, 6.07) is 0. The minimum atomic E-state index is 0.471. The van der Waals surface area contributed by atoms with E-state index >= 15 is 0 Å². The molecule has 0 radical (unpaired) electrons. The van der Waals surface area contributed by atoms with Gasteiger partial charge in [-0.3, -0.25) is 4.98 Å². The molecule has 18 heavy (non-hydrogen) atoms. The summed E-state index contributed by atoms with van der Waals surface area (Å²) in [5.41, 5.74) is 0. The fourth-order valence-electron chi connectivity index (χ4n) is 2.43. The summed E-state index contributed by atoms with van der Waals surface area (Å²) in [7, 11) is 0. The van der Waals surface area contributed by atoms with Crippen LogP contribution in [0.5, 0.6) is 0 Å². The monoisotopic (exact) mass is 268 g/mol. The first kappa shape index (κ1) is 13.6. The van der Waals surface area contributed by atoms with E-state index in [4.69, 9.17) is 11.6 Å². The second-order valence-corrected chi connectivity index (χ2v) is 5.23. The molecule has 5 heteroatoms. The van der Waals surface area contributed by atoms with E-state index in [1.54, 1.807) is 6.20 Å². The van der Waals surface area contributed by atoms with Gasteiger partial charge in [-0.1, -0.05) is 18.5 Å². The van der Waals surface area contributed by atoms with Gasteiger partial charge in [-0.05, 0) is 38.3 Å². The summed E-state index contributed by atoms with van der Waals surface area (Å²) in [5.74, 6) is 1.65. The van der Waals surface area contributed by atoms with E-state index < -0.39 is 0 Å². The molecule has 1 N–H and O–H groups in total. The van der Waals surface area contributed by atoms with Crippen molar-refractivity contribution in [3.63, 3.8) is 0 Å². The molecule has 1 aliphatic heterocycles. The maximum atomic E-state index is 5.92. The predicted molar refractivity (Wildman–Crippen MR) is 75.1 cm³/mol. The molecular weight excluding hydrogens is 248 g/mol. The van der Waals surface area contributed by atoms with Crippen molar-refractivity contribution in [1.29, 1.82) is 0 Å². The van der Waals surface area contributed by atoms with Gasteiger partial charge in [0.15, 0.2) is 0 Å². The van der Waals surface area contributed by atoms with Crippen molar-refractivity contribution in [2.75, 3.05) is 31.1 Å². The van der Waals surface area contributed by atoms with Crippen LogP contribution in [0.3, 0.4) is 0 Å². The third kappa shape index (κ3) is 3.82. The van der Waals surface area contributed by atoms with Gasteiger partial charge in [0.1, 0.15) is 11.0 Å². The highest BCUT2D eigenvalue weighted by Crippen LogP contribution is 2.19. The Balaban J connectivity index is 2.02. The fraction of sp³-hybridized carbons (Fsp3) is 0.692. The highest BCUT2D eigenvalue weighted by Gasteiger charge is 2.18. The minimum Gasteiger partial charge on any atom is -0.355 e. The topological polar surface area (TPSA) is 41.0 Å². The molecule has 0 aromatic carbocycles. The van der Waals surface area contributed by atoms with Crippen LogP contribution in [0.4, 0.5) is 5.82 Å². The second-order valence-electron chi connectivity index (χ2n) is 4.84. The molecule has 0 aliphatic carbocycles. The zero-order chi connectivity index (χ0) is 12.8. The van der Waals surface area contributed by atoms with Crippen LogP contribution < -0.4 is 10.2 Å². The van der Waals surface area contributed by atoms with Crippen LogP contribution in [0.1, 0.15) is 26.2 Å². The van der Waals surface area contributed by atoms with Crippen LogP contribution in [0.25, 0.3) is 0 Å². The molecular formula is C13H21ClN4. The van der Waals surface area contributed by atoms with Gasteiger partial charge in [-0.2, -0.15) is 0 Å². The van der Waals surface area contributed by atoms with Crippen LogP contribution in [0.15, 0.2) is 12.4 Å². The van der Waals surface area contributed by atoms with Crippen molar-refractivity contribution in [2.24, 2.45) is 5.92 Å². The van der Waals surface area contributed by atoms with Gasteiger partial charge in [0.25, 0.3) is 0 Å². The lowest BCUT2D eigenvalue weighted by Crippen LogP contribution is -2.37. The molecule has 2 rings (SSSR count). The van der Waals surface area contributed by atoms with Gasteiger partial charge in [-0.15, -0.1) is 0 Å². The number of anilines is 1. The van der Waals surface area contributed by atoms with Crippen molar-refractivity contribution < 1.29 is 0 Å². The van der Waals surface area contributed by atoms with Crippen molar-refractivity contribution >= 4 is 17.4 Å². The molecule has 1 aliphatic rings. The zero-order valence-electron chi connectivity index (χ0n) is 10.9. The molecule has 0 saturated carbocycles. The Bertz CT molecular complexity index is 366. The highest BCUT2D eigenvalue weighted by molar-refractivity contribution is 6.29. The fourth-order valence-corrected chi connectivity index (χ4v) is 2.57. The highest BCUT2D eigenvalue weighted by atomic mass is 35.5. The van der Waals surface area contributed by atoms with Crippen LogP contribution in [-0.2, 0) is 0 Å². The molecule has 2 heterocycles. The maximum Gasteiger partial charge on any atom is 0.149 e. The summed E-state index contributed by atoms with van der Waals surface area (Å²) >= 11 is 5.92. The Hall–Kier alpha value is -0.870. The molecule has 0 atom stereocenters. The molecule has 0 bridgehead atoms. The number of rotatable bonds is 5. The number of hydrogen-bond donors (Lipinski definition) is 1. The Morgan fingerprint density at radius 3 is 2.83 bits per heavy atom. The molecule has 0 amide bonds. The normalized spacial score (nSPS) is 16.8. The van der Waals surface area contributed by atoms with E-state index in [9.17, 15) is 0 Å². The molecule has 1 saturated heterocycles. The molecule has 1 fully saturated rings. The van der Waals surface area contributed by atoms with Crippen LogP contribution in [-0.4, -0.2) is 36.1 Å². The summed E-state index contributed by atoms with van der Waals surface area (Å²) in [6.45, 7) is 6.52. The summed E-state index contributed by atoms with van der Waals surface area (Å²) in [4.78, 5) is 10.8. The third-order valence-electron chi connectivity index (χ3n) is 3.35. The first-order chi connectivity index (χ1) is 8.79. The summed E-state index contributed by atoms with van der Waals surface area (Å²) in [5, 5.41) is 3.87. The lowest BCUT2D eigenvalue weighted by molar-refractivity contribution is 0.372.